The molecule has 0 spiro atoms. The molecule has 0 saturated carbocycles. The predicted molar refractivity (Wildman–Crippen MR) is 158 cm³/mol. The van der Waals surface area contributed by atoms with Gasteiger partial charge in [0.25, 0.3) is 5.91 Å². The molecule has 3 aromatic rings. The standard InChI is InChI=1S/C29H37N6O5P/c1-3-39-41(38,40-4-2)21-25(29(37)35-17-15-30-16-18-35)33-28(36)24-19-26(31-20-22-11-7-5-8-12-22)34-27(32-24)23-13-9-6-10-14-23/h5-14,19,25,30H,3-4,15-18,20-21H2,1-2H3,(H,33,36)(H,31,32,34). The molecule has 4 rings (SSSR count). The number of hydrogen-bond acceptors (Lipinski definition) is 9. The lowest BCUT2D eigenvalue weighted by molar-refractivity contribution is -0.133. The van der Waals surface area contributed by atoms with Gasteiger partial charge in [0.05, 0.1) is 19.4 Å². The lowest BCUT2D eigenvalue weighted by Gasteiger charge is -2.32. The third-order valence-electron chi connectivity index (χ3n) is 6.40. The summed E-state index contributed by atoms with van der Waals surface area (Å²) >= 11 is 0. The zero-order valence-corrected chi connectivity index (χ0v) is 24.3. The van der Waals surface area contributed by atoms with Crippen LogP contribution in [0.3, 0.4) is 0 Å². The highest BCUT2D eigenvalue weighted by Gasteiger charge is 2.36. The van der Waals surface area contributed by atoms with E-state index in [0.29, 0.717) is 44.4 Å². The number of nitrogens with one attached hydrogen (secondary N) is 3. The van der Waals surface area contributed by atoms with Gasteiger partial charge in [-0.05, 0) is 19.4 Å². The molecule has 0 aliphatic carbocycles. The Balaban J connectivity index is 1.63. The normalized spacial score (nSPS) is 14.3. The van der Waals surface area contributed by atoms with Crippen LogP contribution < -0.4 is 16.0 Å². The fourth-order valence-electron chi connectivity index (χ4n) is 4.44. The SMILES string of the molecule is CCOP(=O)(CC(NC(=O)c1cc(NCc2ccccc2)nc(-c2ccccc2)n1)C(=O)N1CCNCC1)OCC. The molecule has 12 heteroatoms. The summed E-state index contributed by atoms with van der Waals surface area (Å²) in [6.07, 6.45) is -0.293. The zero-order chi connectivity index (χ0) is 29.1. The van der Waals surface area contributed by atoms with Crippen molar-refractivity contribution >= 4 is 25.2 Å². The van der Waals surface area contributed by atoms with Crippen LogP contribution in [0.5, 0.6) is 0 Å². The highest BCUT2D eigenvalue weighted by molar-refractivity contribution is 7.54. The third kappa shape index (κ3) is 8.68. The van der Waals surface area contributed by atoms with Gasteiger partial charge >= 0.3 is 7.60 Å². The molecular formula is C29H37N6O5P. The van der Waals surface area contributed by atoms with E-state index in [1.807, 2.05) is 60.7 Å². The smallest absolute Gasteiger partial charge is 0.333 e. The van der Waals surface area contributed by atoms with Crippen LogP contribution >= 0.6 is 7.60 Å². The van der Waals surface area contributed by atoms with Gasteiger partial charge in [-0.25, -0.2) is 9.97 Å². The molecular weight excluding hydrogens is 543 g/mol. The van der Waals surface area contributed by atoms with Crippen LogP contribution in [0.2, 0.25) is 0 Å². The summed E-state index contributed by atoms with van der Waals surface area (Å²) < 4.78 is 24.3. The topological polar surface area (TPSA) is 135 Å². The number of amides is 2. The van der Waals surface area contributed by atoms with Gasteiger partial charge in [0.15, 0.2) is 5.82 Å². The largest absolute Gasteiger partial charge is 0.366 e. The molecule has 218 valence electrons. The number of carbonyl (C=O) groups excluding carboxylic acids is 2. The molecule has 3 N–H and O–H groups in total. The van der Waals surface area contributed by atoms with Crippen molar-refractivity contribution in [2.75, 3.05) is 50.9 Å². The van der Waals surface area contributed by atoms with Crippen molar-refractivity contribution in [2.24, 2.45) is 0 Å². The van der Waals surface area contributed by atoms with Crippen LogP contribution in [-0.4, -0.2) is 78.3 Å². The summed E-state index contributed by atoms with van der Waals surface area (Å²) in [5.74, 6) is -0.139. The molecule has 41 heavy (non-hydrogen) atoms. The van der Waals surface area contributed by atoms with Gasteiger partial charge in [0.2, 0.25) is 5.91 Å². The predicted octanol–water partition coefficient (Wildman–Crippen LogP) is 3.55. The Morgan fingerprint density at radius 1 is 0.976 bits per heavy atom. The summed E-state index contributed by atoms with van der Waals surface area (Å²) in [7, 11) is -3.66. The van der Waals surface area contributed by atoms with E-state index in [9.17, 15) is 14.2 Å². The number of aromatic nitrogens is 2. The number of carbonyl (C=O) groups is 2. The summed E-state index contributed by atoms with van der Waals surface area (Å²) in [6, 6.07) is 19.5. The van der Waals surface area contributed by atoms with E-state index < -0.39 is 19.5 Å². The lowest BCUT2D eigenvalue weighted by Crippen LogP contribution is -2.55. The molecule has 1 unspecified atom stereocenters. The molecule has 1 atom stereocenters. The number of hydrogen-bond donors (Lipinski definition) is 3. The van der Waals surface area contributed by atoms with Gasteiger partial charge in [-0.15, -0.1) is 0 Å². The van der Waals surface area contributed by atoms with Gasteiger partial charge in [-0.2, -0.15) is 0 Å². The van der Waals surface area contributed by atoms with Crippen molar-refractivity contribution in [1.82, 2.24) is 25.5 Å². The monoisotopic (exact) mass is 580 g/mol. The summed E-state index contributed by atoms with van der Waals surface area (Å²) in [5, 5.41) is 9.26. The molecule has 2 amide bonds. The van der Waals surface area contributed by atoms with Crippen LogP contribution in [-0.2, 0) is 25.0 Å². The number of benzene rings is 2. The Kier molecular flexibility index (Phi) is 11.0. The number of nitrogens with zero attached hydrogens (tertiary/aromatic N) is 3. The Morgan fingerprint density at radius 2 is 1.61 bits per heavy atom. The molecule has 2 aromatic carbocycles. The van der Waals surface area contributed by atoms with E-state index >= 15 is 0 Å². The number of piperazine rings is 1. The van der Waals surface area contributed by atoms with Gasteiger partial charge in [0.1, 0.15) is 17.6 Å². The van der Waals surface area contributed by atoms with Crippen LogP contribution in [0.4, 0.5) is 5.82 Å². The molecule has 0 radical (unpaired) electrons. The second-order valence-corrected chi connectivity index (χ2v) is 11.5. The van der Waals surface area contributed by atoms with Crippen molar-refractivity contribution in [1.29, 1.82) is 0 Å². The minimum absolute atomic E-state index is 0.0650. The van der Waals surface area contributed by atoms with Crippen molar-refractivity contribution < 1.29 is 23.2 Å². The summed E-state index contributed by atoms with van der Waals surface area (Å²) in [6.45, 7) is 6.37. The minimum atomic E-state index is -3.66. The van der Waals surface area contributed by atoms with Gasteiger partial charge in [-0.3, -0.25) is 14.2 Å². The fraction of sp³-hybridized carbons (Fsp3) is 0.379. The van der Waals surface area contributed by atoms with Crippen LogP contribution in [0, 0.1) is 0 Å². The molecule has 1 aliphatic rings. The second kappa shape index (κ2) is 14.8. The first-order chi connectivity index (χ1) is 19.9. The Hall–Kier alpha value is -3.63. The van der Waals surface area contributed by atoms with E-state index in [1.54, 1.807) is 24.8 Å². The van der Waals surface area contributed by atoms with E-state index in [1.165, 1.54) is 0 Å². The van der Waals surface area contributed by atoms with Gasteiger partial charge in [0, 0.05) is 44.4 Å². The Labute approximate surface area is 240 Å². The summed E-state index contributed by atoms with van der Waals surface area (Å²) in [5.41, 5.74) is 1.84. The Bertz CT molecular complexity index is 1330. The van der Waals surface area contributed by atoms with Crippen LogP contribution in [0.15, 0.2) is 66.7 Å². The fourth-order valence-corrected chi connectivity index (χ4v) is 6.21. The summed E-state index contributed by atoms with van der Waals surface area (Å²) in [4.78, 5) is 38.0. The van der Waals surface area contributed by atoms with Crippen molar-refractivity contribution in [2.45, 2.75) is 26.4 Å². The minimum Gasteiger partial charge on any atom is -0.366 e. The molecule has 11 nitrogen and oxygen atoms in total. The second-order valence-electron chi connectivity index (χ2n) is 9.40. The highest BCUT2D eigenvalue weighted by Crippen LogP contribution is 2.48. The van der Waals surface area contributed by atoms with Gasteiger partial charge in [-0.1, -0.05) is 60.7 Å². The number of anilines is 1. The Morgan fingerprint density at radius 3 is 2.24 bits per heavy atom. The molecule has 2 heterocycles. The molecule has 1 saturated heterocycles. The van der Waals surface area contributed by atoms with E-state index in [2.05, 4.69) is 25.9 Å². The van der Waals surface area contributed by atoms with Crippen molar-refractivity contribution in [3.63, 3.8) is 0 Å². The number of rotatable bonds is 13. The molecule has 1 fully saturated rings. The zero-order valence-electron chi connectivity index (χ0n) is 23.4. The molecule has 1 aromatic heterocycles. The first-order valence-electron chi connectivity index (χ1n) is 13.8. The van der Waals surface area contributed by atoms with Gasteiger partial charge < -0.3 is 29.9 Å². The van der Waals surface area contributed by atoms with Crippen LogP contribution in [0.25, 0.3) is 11.4 Å². The van der Waals surface area contributed by atoms with E-state index in [4.69, 9.17) is 9.05 Å². The van der Waals surface area contributed by atoms with Crippen molar-refractivity contribution in [3.05, 3.63) is 78.0 Å². The third-order valence-corrected chi connectivity index (χ3v) is 8.51. The maximum Gasteiger partial charge on any atom is 0.333 e. The first kappa shape index (κ1) is 30.3. The first-order valence-corrected chi connectivity index (χ1v) is 15.5. The quantitative estimate of drug-likeness (QED) is 0.260. The van der Waals surface area contributed by atoms with Crippen molar-refractivity contribution in [3.8, 4) is 11.4 Å². The maximum absolute atomic E-state index is 13.7. The van der Waals surface area contributed by atoms with E-state index in [-0.39, 0.29) is 31.0 Å². The van der Waals surface area contributed by atoms with Crippen LogP contribution in [0.1, 0.15) is 29.9 Å². The average Bonchev–Trinajstić information content (AvgIpc) is 3.00. The average molecular weight is 581 g/mol. The highest BCUT2D eigenvalue weighted by atomic mass is 31.2. The van der Waals surface area contributed by atoms with E-state index in [0.717, 1.165) is 11.1 Å². The maximum atomic E-state index is 13.7. The lowest BCUT2D eigenvalue weighted by atomic mass is 10.2. The molecule has 0 bridgehead atoms. The molecule has 1 aliphatic heterocycles.